The van der Waals surface area contributed by atoms with E-state index in [9.17, 15) is 4.39 Å². The first-order valence-electron chi connectivity index (χ1n) is 6.07. The van der Waals surface area contributed by atoms with Crippen molar-refractivity contribution >= 4 is 28.3 Å². The third kappa shape index (κ3) is 3.38. The van der Waals surface area contributed by atoms with Gasteiger partial charge in [0.1, 0.15) is 5.82 Å². The summed E-state index contributed by atoms with van der Waals surface area (Å²) < 4.78 is 13.4. The van der Waals surface area contributed by atoms with Gasteiger partial charge in [0.15, 0.2) is 11.4 Å². The Bertz CT molecular complexity index is 518. The number of benzene rings is 1. The highest BCUT2D eigenvalue weighted by Gasteiger charge is 2.16. The Morgan fingerprint density at radius 3 is 2.84 bits per heavy atom. The monoisotopic (exact) mass is 278 g/mol. The van der Waals surface area contributed by atoms with Gasteiger partial charge in [-0.05, 0) is 31.2 Å². The van der Waals surface area contributed by atoms with Crippen LogP contribution in [0.2, 0.25) is 0 Å². The molecule has 0 bridgehead atoms. The molecule has 0 amide bonds. The number of aliphatic imine (C=N–C) groups is 1. The van der Waals surface area contributed by atoms with Crippen LogP contribution in [0.1, 0.15) is 12.8 Å². The molecule has 0 radical (unpaired) electrons. The molecule has 19 heavy (non-hydrogen) atoms. The van der Waals surface area contributed by atoms with Crippen LogP contribution in [-0.2, 0) is 0 Å². The summed E-state index contributed by atoms with van der Waals surface area (Å²) in [6, 6.07) is 4.61. The van der Waals surface area contributed by atoms with Crippen LogP contribution >= 0.6 is 11.8 Å². The number of amidine groups is 1. The number of thioether (sulfide) groups is 1. The molecule has 0 atom stereocenters. The number of hydrogen-bond donors (Lipinski definition) is 1. The molecule has 4 nitrogen and oxygen atoms in total. The average molecular weight is 278 g/mol. The summed E-state index contributed by atoms with van der Waals surface area (Å²) in [4.78, 5) is 6.53. The quantitative estimate of drug-likeness (QED) is 0.391. The van der Waals surface area contributed by atoms with Gasteiger partial charge in [-0.3, -0.25) is 5.32 Å². The van der Waals surface area contributed by atoms with E-state index >= 15 is 0 Å². The molecular weight excluding hydrogens is 263 g/mol. The van der Waals surface area contributed by atoms with Crippen molar-refractivity contribution in [1.82, 2.24) is 5.32 Å². The Kier molecular flexibility index (Phi) is 4.63. The number of nitriles is 1. The maximum atomic E-state index is 13.4. The third-order valence-corrected chi connectivity index (χ3v) is 3.54. The topological polar surface area (TPSA) is 51.4 Å². The summed E-state index contributed by atoms with van der Waals surface area (Å²) in [7, 11) is 0. The van der Waals surface area contributed by atoms with Crippen molar-refractivity contribution in [2.45, 2.75) is 12.8 Å². The van der Waals surface area contributed by atoms with Crippen molar-refractivity contribution < 1.29 is 4.39 Å². The average Bonchev–Trinajstić information content (AvgIpc) is 2.92. The van der Waals surface area contributed by atoms with Crippen molar-refractivity contribution in [2.75, 3.05) is 24.2 Å². The maximum Gasteiger partial charge on any atom is 0.183 e. The lowest BCUT2D eigenvalue weighted by atomic mass is 10.2. The van der Waals surface area contributed by atoms with Gasteiger partial charge in [-0.1, -0.05) is 11.8 Å². The minimum atomic E-state index is -0.320. The largest absolute Gasteiger partial charge is 0.370 e. The summed E-state index contributed by atoms with van der Waals surface area (Å²) in [5, 5.41) is 11.6. The van der Waals surface area contributed by atoms with Crippen molar-refractivity contribution in [1.29, 1.82) is 5.26 Å². The van der Waals surface area contributed by atoms with E-state index in [1.54, 1.807) is 6.07 Å². The molecule has 0 spiro atoms. The Morgan fingerprint density at radius 2 is 2.21 bits per heavy atom. The Hall–Kier alpha value is -1.74. The Morgan fingerprint density at radius 1 is 1.47 bits per heavy atom. The second kappa shape index (κ2) is 6.43. The second-order valence-electron chi connectivity index (χ2n) is 4.19. The van der Waals surface area contributed by atoms with Crippen LogP contribution in [-0.4, -0.2) is 24.5 Å². The smallest absolute Gasteiger partial charge is 0.183 e. The first kappa shape index (κ1) is 13.7. The lowest BCUT2D eigenvalue weighted by Crippen LogP contribution is -2.18. The molecule has 1 aliphatic rings. The van der Waals surface area contributed by atoms with Crippen molar-refractivity contribution in [2.24, 2.45) is 4.99 Å². The van der Waals surface area contributed by atoms with Gasteiger partial charge in [0.05, 0.1) is 11.4 Å². The second-order valence-corrected chi connectivity index (χ2v) is 4.98. The van der Waals surface area contributed by atoms with Gasteiger partial charge in [-0.15, -0.1) is 0 Å². The fourth-order valence-corrected chi connectivity index (χ4v) is 2.43. The van der Waals surface area contributed by atoms with Crippen LogP contribution in [0.4, 0.5) is 15.8 Å². The van der Waals surface area contributed by atoms with Gasteiger partial charge in [-0.25, -0.2) is 9.38 Å². The molecule has 1 aromatic rings. The zero-order valence-corrected chi connectivity index (χ0v) is 11.5. The molecule has 1 aromatic carbocycles. The minimum Gasteiger partial charge on any atom is -0.370 e. The van der Waals surface area contributed by atoms with E-state index in [0.717, 1.165) is 31.6 Å². The van der Waals surface area contributed by atoms with Crippen LogP contribution < -0.4 is 10.2 Å². The Labute approximate surface area is 116 Å². The molecule has 100 valence electrons. The standard InChI is InChI=1S/C13H15FN4S/c1-19-13(16-9-15)17-11-8-10(14)4-5-12(11)18-6-2-3-7-18/h4-5,8H,2-3,6-7H2,1H3,(H,16,17). The van der Waals surface area contributed by atoms with Crippen molar-refractivity contribution in [3.63, 3.8) is 0 Å². The van der Waals surface area contributed by atoms with E-state index in [2.05, 4.69) is 15.2 Å². The molecule has 2 rings (SSSR count). The first-order chi connectivity index (χ1) is 9.24. The molecule has 1 saturated heterocycles. The Balaban J connectivity index is 2.36. The number of nitrogens with zero attached hydrogens (tertiary/aromatic N) is 3. The molecule has 0 aliphatic carbocycles. The third-order valence-electron chi connectivity index (χ3n) is 2.96. The summed E-state index contributed by atoms with van der Waals surface area (Å²) in [6.45, 7) is 1.93. The SMILES string of the molecule is CSC(=Nc1cc(F)ccc1N1CCCC1)NC#N. The van der Waals surface area contributed by atoms with Gasteiger partial charge < -0.3 is 4.90 Å². The number of hydrogen-bond acceptors (Lipinski definition) is 4. The molecule has 1 fully saturated rings. The van der Waals surface area contributed by atoms with E-state index < -0.39 is 0 Å². The molecule has 1 heterocycles. The van der Waals surface area contributed by atoms with Crippen LogP contribution in [0.5, 0.6) is 0 Å². The normalized spacial score (nSPS) is 15.4. The summed E-state index contributed by atoms with van der Waals surface area (Å²) >= 11 is 1.32. The van der Waals surface area contributed by atoms with Gasteiger partial charge in [-0.2, -0.15) is 5.26 Å². The first-order valence-corrected chi connectivity index (χ1v) is 7.29. The minimum absolute atomic E-state index is 0.320. The number of halogens is 1. The molecule has 1 aliphatic heterocycles. The highest BCUT2D eigenvalue weighted by Crippen LogP contribution is 2.32. The van der Waals surface area contributed by atoms with Gasteiger partial charge >= 0.3 is 0 Å². The lowest BCUT2D eigenvalue weighted by molar-refractivity contribution is 0.628. The highest BCUT2D eigenvalue weighted by molar-refractivity contribution is 8.13. The van der Waals surface area contributed by atoms with E-state index in [-0.39, 0.29) is 5.82 Å². The predicted molar refractivity (Wildman–Crippen MR) is 77.2 cm³/mol. The number of rotatable bonds is 2. The fourth-order valence-electron chi connectivity index (χ4n) is 2.09. The summed E-state index contributed by atoms with van der Waals surface area (Å²) in [5.41, 5.74) is 1.49. The maximum absolute atomic E-state index is 13.4. The van der Waals surface area contributed by atoms with E-state index in [0.29, 0.717) is 10.9 Å². The van der Waals surface area contributed by atoms with Gasteiger partial charge in [0.25, 0.3) is 0 Å². The summed E-state index contributed by atoms with van der Waals surface area (Å²) in [6.07, 6.45) is 5.94. The van der Waals surface area contributed by atoms with E-state index in [1.165, 1.54) is 23.9 Å². The molecule has 0 aromatic heterocycles. The predicted octanol–water partition coefficient (Wildman–Crippen LogP) is 2.85. The molecule has 6 heteroatoms. The van der Waals surface area contributed by atoms with Crippen molar-refractivity contribution in [3.8, 4) is 6.19 Å². The van der Waals surface area contributed by atoms with Gasteiger partial charge in [0, 0.05) is 19.2 Å². The fraction of sp³-hybridized carbons (Fsp3) is 0.385. The van der Waals surface area contributed by atoms with Crippen molar-refractivity contribution in [3.05, 3.63) is 24.0 Å². The van der Waals surface area contributed by atoms with Gasteiger partial charge in [0.2, 0.25) is 0 Å². The molecule has 1 N–H and O–H groups in total. The van der Waals surface area contributed by atoms with Crippen LogP contribution in [0, 0.1) is 17.3 Å². The molecule has 0 unspecified atom stereocenters. The lowest BCUT2D eigenvalue weighted by Gasteiger charge is -2.19. The van der Waals surface area contributed by atoms with E-state index in [4.69, 9.17) is 5.26 Å². The highest BCUT2D eigenvalue weighted by atomic mass is 32.2. The number of nitrogens with one attached hydrogen (secondary N) is 1. The van der Waals surface area contributed by atoms with Crippen LogP contribution in [0.3, 0.4) is 0 Å². The summed E-state index contributed by atoms with van der Waals surface area (Å²) in [5.74, 6) is -0.320. The zero-order valence-electron chi connectivity index (χ0n) is 10.7. The zero-order chi connectivity index (χ0) is 13.7. The number of anilines is 1. The van der Waals surface area contributed by atoms with Crippen LogP contribution in [0.15, 0.2) is 23.2 Å². The van der Waals surface area contributed by atoms with Crippen LogP contribution in [0.25, 0.3) is 0 Å². The molecular formula is C13H15FN4S. The molecule has 0 saturated carbocycles. The van der Waals surface area contributed by atoms with E-state index in [1.807, 2.05) is 12.4 Å².